The Balaban J connectivity index is 3.49. The Bertz CT molecular complexity index is 161. The summed E-state index contributed by atoms with van der Waals surface area (Å²) >= 11 is 0. The lowest BCUT2D eigenvalue weighted by molar-refractivity contribution is -0.118. The molecule has 0 aromatic carbocycles. The minimum Gasteiger partial charge on any atom is -0.356 e. The van der Waals surface area contributed by atoms with Crippen LogP contribution in [0.25, 0.3) is 0 Å². The molecule has 0 fully saturated rings. The maximum atomic E-state index is 10.6. The van der Waals surface area contributed by atoms with Crippen LogP contribution < -0.4 is 5.32 Å². The molecule has 0 saturated heterocycles. The second-order valence-electron chi connectivity index (χ2n) is 4.43. The number of carbonyl (C=O) groups is 1. The van der Waals surface area contributed by atoms with Gasteiger partial charge in [0.1, 0.15) is 0 Å². The zero-order chi connectivity index (χ0) is 10.5. The average molecular weight is 186 g/mol. The van der Waals surface area contributed by atoms with Gasteiger partial charge in [-0.3, -0.25) is 4.79 Å². The summed E-state index contributed by atoms with van der Waals surface area (Å²) in [6.07, 6.45) is 1.01. The fourth-order valence-corrected chi connectivity index (χ4v) is 0.916. The number of hydrogen-bond donors (Lipinski definition) is 1. The van der Waals surface area contributed by atoms with E-state index in [2.05, 4.69) is 38.0 Å². The van der Waals surface area contributed by atoms with Crippen molar-refractivity contribution in [2.45, 2.75) is 39.7 Å². The molecule has 0 unspecified atom stereocenters. The van der Waals surface area contributed by atoms with Crippen molar-refractivity contribution in [1.29, 1.82) is 0 Å². The number of carbonyl (C=O) groups excluding carboxylic acids is 1. The van der Waals surface area contributed by atoms with Crippen LogP contribution in [0.15, 0.2) is 0 Å². The van der Waals surface area contributed by atoms with Crippen molar-refractivity contribution < 1.29 is 4.79 Å². The van der Waals surface area contributed by atoms with E-state index in [-0.39, 0.29) is 11.4 Å². The number of nitrogens with one attached hydrogen (secondary N) is 1. The first-order chi connectivity index (χ1) is 5.84. The predicted molar refractivity (Wildman–Crippen MR) is 55.7 cm³/mol. The van der Waals surface area contributed by atoms with Gasteiger partial charge in [-0.25, -0.2) is 0 Å². The lowest BCUT2D eigenvalue weighted by Crippen LogP contribution is -2.39. The molecule has 0 aliphatic carbocycles. The lowest BCUT2D eigenvalue weighted by atomic mass is 10.1. The molecular formula is C10H22N2O. The van der Waals surface area contributed by atoms with Gasteiger partial charge < -0.3 is 10.2 Å². The van der Waals surface area contributed by atoms with E-state index in [9.17, 15) is 4.79 Å². The topological polar surface area (TPSA) is 32.3 Å². The molecule has 0 aliphatic rings. The Hall–Kier alpha value is -0.570. The molecule has 0 aromatic rings. The van der Waals surface area contributed by atoms with Crippen molar-refractivity contribution in [3.05, 3.63) is 0 Å². The monoisotopic (exact) mass is 186 g/mol. The number of hydrogen-bond acceptors (Lipinski definition) is 2. The molecule has 1 N–H and O–H groups in total. The fourth-order valence-electron chi connectivity index (χ4n) is 0.916. The van der Waals surface area contributed by atoms with Crippen molar-refractivity contribution in [2.75, 3.05) is 20.1 Å². The van der Waals surface area contributed by atoms with Crippen molar-refractivity contribution >= 4 is 5.91 Å². The van der Waals surface area contributed by atoms with Crippen molar-refractivity contribution in [2.24, 2.45) is 0 Å². The van der Waals surface area contributed by atoms with E-state index in [0.29, 0.717) is 0 Å². The molecule has 0 radical (unpaired) electrons. The van der Waals surface area contributed by atoms with Crippen LogP contribution >= 0.6 is 0 Å². The van der Waals surface area contributed by atoms with Crippen LogP contribution in [-0.4, -0.2) is 36.5 Å². The molecule has 0 atom stereocenters. The maximum Gasteiger partial charge on any atom is 0.216 e. The molecule has 3 nitrogen and oxygen atoms in total. The molecule has 0 spiro atoms. The number of amides is 1. The van der Waals surface area contributed by atoms with Crippen molar-refractivity contribution in [3.8, 4) is 0 Å². The summed E-state index contributed by atoms with van der Waals surface area (Å²) in [5.74, 6) is 0.0541. The van der Waals surface area contributed by atoms with Crippen LogP contribution in [0.4, 0.5) is 0 Å². The second-order valence-corrected chi connectivity index (χ2v) is 4.43. The highest BCUT2D eigenvalue weighted by Crippen LogP contribution is 2.09. The van der Waals surface area contributed by atoms with Crippen LogP contribution in [0.3, 0.4) is 0 Å². The van der Waals surface area contributed by atoms with Gasteiger partial charge in [0.15, 0.2) is 0 Å². The van der Waals surface area contributed by atoms with Gasteiger partial charge in [-0.05, 0) is 34.2 Å². The van der Waals surface area contributed by atoms with Crippen LogP contribution in [0.2, 0.25) is 0 Å². The van der Waals surface area contributed by atoms with Gasteiger partial charge in [-0.1, -0.05) is 0 Å². The first-order valence-corrected chi connectivity index (χ1v) is 4.79. The van der Waals surface area contributed by atoms with Crippen molar-refractivity contribution in [1.82, 2.24) is 10.2 Å². The van der Waals surface area contributed by atoms with E-state index in [0.717, 1.165) is 19.5 Å². The molecule has 0 bridgehead atoms. The highest BCUT2D eigenvalue weighted by molar-refractivity contribution is 5.72. The molecule has 3 heteroatoms. The first kappa shape index (κ1) is 12.4. The summed E-state index contributed by atoms with van der Waals surface area (Å²) in [4.78, 5) is 12.8. The van der Waals surface area contributed by atoms with Crippen molar-refractivity contribution in [3.63, 3.8) is 0 Å². The van der Waals surface area contributed by atoms with E-state index >= 15 is 0 Å². The summed E-state index contributed by atoms with van der Waals surface area (Å²) in [6, 6.07) is 0. The third kappa shape index (κ3) is 6.58. The SMILES string of the molecule is CC(=O)NCCCN(C)C(C)(C)C. The Kier molecular flexibility index (Phi) is 4.99. The molecule has 78 valence electrons. The minimum atomic E-state index is 0.0541. The Morgan fingerprint density at radius 3 is 2.31 bits per heavy atom. The van der Waals surface area contributed by atoms with Gasteiger partial charge in [0, 0.05) is 25.6 Å². The van der Waals surface area contributed by atoms with E-state index in [1.165, 1.54) is 0 Å². The smallest absolute Gasteiger partial charge is 0.216 e. The van der Waals surface area contributed by atoms with E-state index in [1.54, 1.807) is 6.92 Å². The highest BCUT2D eigenvalue weighted by atomic mass is 16.1. The predicted octanol–water partition coefficient (Wildman–Crippen LogP) is 1.24. The minimum absolute atomic E-state index is 0.0541. The largest absolute Gasteiger partial charge is 0.356 e. The van der Waals surface area contributed by atoms with Crippen LogP contribution in [0.5, 0.6) is 0 Å². The molecule has 0 aliphatic heterocycles. The molecule has 13 heavy (non-hydrogen) atoms. The molecule has 0 saturated carbocycles. The van der Waals surface area contributed by atoms with Gasteiger partial charge in [0.25, 0.3) is 0 Å². The van der Waals surface area contributed by atoms with Gasteiger partial charge in [-0.15, -0.1) is 0 Å². The molecular weight excluding hydrogens is 164 g/mol. The zero-order valence-corrected chi connectivity index (χ0v) is 9.48. The van der Waals surface area contributed by atoms with E-state index < -0.39 is 0 Å². The third-order valence-corrected chi connectivity index (χ3v) is 2.19. The summed E-state index contributed by atoms with van der Waals surface area (Å²) < 4.78 is 0. The zero-order valence-electron chi connectivity index (χ0n) is 9.48. The van der Waals surface area contributed by atoms with Gasteiger partial charge in [0.2, 0.25) is 5.91 Å². The number of nitrogens with zero attached hydrogens (tertiary/aromatic N) is 1. The van der Waals surface area contributed by atoms with E-state index in [4.69, 9.17) is 0 Å². The highest BCUT2D eigenvalue weighted by Gasteiger charge is 2.15. The second kappa shape index (κ2) is 5.22. The lowest BCUT2D eigenvalue weighted by Gasteiger charge is -2.31. The fraction of sp³-hybridized carbons (Fsp3) is 0.900. The quantitative estimate of drug-likeness (QED) is 0.670. The standard InChI is InChI=1S/C10H22N2O/c1-9(13)11-7-6-8-12(5)10(2,3)4/h6-8H2,1-5H3,(H,11,13). The van der Waals surface area contributed by atoms with E-state index in [1.807, 2.05) is 0 Å². The summed E-state index contributed by atoms with van der Waals surface area (Å²) in [6.45, 7) is 9.90. The average Bonchev–Trinajstić information content (AvgIpc) is 1.95. The maximum absolute atomic E-state index is 10.6. The summed E-state index contributed by atoms with van der Waals surface area (Å²) in [7, 11) is 2.10. The summed E-state index contributed by atoms with van der Waals surface area (Å²) in [5.41, 5.74) is 0.218. The summed E-state index contributed by atoms with van der Waals surface area (Å²) in [5, 5.41) is 2.79. The molecule has 0 rings (SSSR count). The van der Waals surface area contributed by atoms with Crippen LogP contribution in [0.1, 0.15) is 34.1 Å². The third-order valence-electron chi connectivity index (χ3n) is 2.19. The first-order valence-electron chi connectivity index (χ1n) is 4.79. The van der Waals surface area contributed by atoms with Crippen LogP contribution in [0, 0.1) is 0 Å². The van der Waals surface area contributed by atoms with Gasteiger partial charge >= 0.3 is 0 Å². The van der Waals surface area contributed by atoms with Gasteiger partial charge in [0.05, 0.1) is 0 Å². The molecule has 0 aromatic heterocycles. The van der Waals surface area contributed by atoms with Gasteiger partial charge in [-0.2, -0.15) is 0 Å². The molecule has 0 heterocycles. The Morgan fingerprint density at radius 2 is 1.92 bits per heavy atom. The normalized spacial score (nSPS) is 11.8. The Labute approximate surface area is 81.5 Å². The Morgan fingerprint density at radius 1 is 1.38 bits per heavy atom. The number of rotatable bonds is 4. The molecule has 1 amide bonds. The van der Waals surface area contributed by atoms with Crippen LogP contribution in [-0.2, 0) is 4.79 Å².